The molecule has 11 heteroatoms. The summed E-state index contributed by atoms with van der Waals surface area (Å²) in [6.07, 6.45) is -5.95. The first-order valence-corrected chi connectivity index (χ1v) is 5.22. The standard InChI is InChI=1S/C10H9F3N2O6/c1-19-7-4-6(15(17)18)5(3-8(16)20-2)9(14-7)21-10(11,12)13/h4H,3H2,1-2H3. The molecule has 0 saturated carbocycles. The van der Waals surface area contributed by atoms with E-state index in [4.69, 9.17) is 0 Å². The van der Waals surface area contributed by atoms with E-state index in [0.717, 1.165) is 20.3 Å². The van der Waals surface area contributed by atoms with E-state index in [1.54, 1.807) is 0 Å². The lowest BCUT2D eigenvalue weighted by Gasteiger charge is -2.13. The van der Waals surface area contributed by atoms with Gasteiger partial charge in [-0.1, -0.05) is 0 Å². The van der Waals surface area contributed by atoms with Crippen LogP contribution in [0.3, 0.4) is 0 Å². The molecule has 0 atom stereocenters. The largest absolute Gasteiger partial charge is 0.574 e. The number of hydrogen-bond donors (Lipinski definition) is 0. The van der Waals surface area contributed by atoms with Crippen LogP contribution in [0.2, 0.25) is 0 Å². The fourth-order valence-electron chi connectivity index (χ4n) is 1.36. The number of halogens is 3. The molecule has 0 aliphatic carbocycles. The smallest absolute Gasteiger partial charge is 0.481 e. The van der Waals surface area contributed by atoms with Crippen LogP contribution in [0.15, 0.2) is 6.07 Å². The number of esters is 1. The van der Waals surface area contributed by atoms with Crippen molar-refractivity contribution in [1.82, 2.24) is 4.98 Å². The minimum Gasteiger partial charge on any atom is -0.481 e. The zero-order valence-corrected chi connectivity index (χ0v) is 10.8. The molecule has 0 aliphatic rings. The Morgan fingerprint density at radius 1 is 1.43 bits per heavy atom. The Hall–Kier alpha value is -2.59. The fraction of sp³-hybridized carbons (Fsp3) is 0.400. The summed E-state index contributed by atoms with van der Waals surface area (Å²) in [5, 5.41) is 10.9. The molecule has 0 saturated heterocycles. The zero-order chi connectivity index (χ0) is 16.2. The third-order valence-corrected chi connectivity index (χ3v) is 2.21. The van der Waals surface area contributed by atoms with Gasteiger partial charge in [0, 0.05) is 0 Å². The van der Waals surface area contributed by atoms with E-state index in [0.29, 0.717) is 0 Å². The molecule has 0 bridgehead atoms. The van der Waals surface area contributed by atoms with E-state index >= 15 is 0 Å². The van der Waals surface area contributed by atoms with Crippen LogP contribution in [0.4, 0.5) is 18.9 Å². The predicted molar refractivity (Wildman–Crippen MR) is 59.8 cm³/mol. The van der Waals surface area contributed by atoms with Crippen molar-refractivity contribution in [2.75, 3.05) is 14.2 Å². The first-order chi connectivity index (χ1) is 9.67. The molecular formula is C10H9F3N2O6. The van der Waals surface area contributed by atoms with Gasteiger partial charge in [-0.05, 0) is 0 Å². The maximum atomic E-state index is 12.3. The summed E-state index contributed by atoms with van der Waals surface area (Å²) in [5.41, 5.74) is -1.46. The quantitative estimate of drug-likeness (QED) is 0.462. The summed E-state index contributed by atoms with van der Waals surface area (Å²) >= 11 is 0. The molecule has 0 aliphatic heterocycles. The van der Waals surface area contributed by atoms with Gasteiger partial charge in [0.2, 0.25) is 11.8 Å². The zero-order valence-electron chi connectivity index (χ0n) is 10.8. The van der Waals surface area contributed by atoms with Gasteiger partial charge in [-0.15, -0.1) is 13.2 Å². The second-order valence-corrected chi connectivity index (χ2v) is 3.53. The molecule has 1 heterocycles. The number of rotatable bonds is 5. The summed E-state index contributed by atoms with van der Waals surface area (Å²) in [5.74, 6) is -2.59. The lowest BCUT2D eigenvalue weighted by Crippen LogP contribution is -2.20. The number of carbonyl (C=O) groups excluding carboxylic acids is 1. The lowest BCUT2D eigenvalue weighted by molar-refractivity contribution is -0.385. The van der Waals surface area contributed by atoms with Gasteiger partial charge < -0.3 is 14.2 Å². The Kier molecular flexibility index (Phi) is 4.89. The van der Waals surface area contributed by atoms with E-state index in [1.807, 2.05) is 0 Å². The summed E-state index contributed by atoms with van der Waals surface area (Å²) in [4.78, 5) is 24.4. The molecule has 1 aromatic heterocycles. The van der Waals surface area contributed by atoms with Crippen molar-refractivity contribution in [2.24, 2.45) is 0 Å². The maximum Gasteiger partial charge on any atom is 0.574 e. The molecule has 0 fully saturated rings. The number of nitro groups is 1. The third kappa shape index (κ3) is 4.47. The van der Waals surface area contributed by atoms with E-state index in [9.17, 15) is 28.1 Å². The second-order valence-electron chi connectivity index (χ2n) is 3.53. The van der Waals surface area contributed by atoms with Crippen molar-refractivity contribution in [2.45, 2.75) is 12.8 Å². The Bertz CT molecular complexity index is 560. The van der Waals surface area contributed by atoms with Crippen molar-refractivity contribution < 1.29 is 37.1 Å². The highest BCUT2D eigenvalue weighted by molar-refractivity contribution is 5.75. The molecular weight excluding hydrogens is 301 g/mol. The van der Waals surface area contributed by atoms with Crippen LogP contribution in [-0.4, -0.2) is 36.5 Å². The first kappa shape index (κ1) is 16.5. The molecule has 21 heavy (non-hydrogen) atoms. The molecule has 0 aromatic carbocycles. The lowest BCUT2D eigenvalue weighted by atomic mass is 10.1. The summed E-state index contributed by atoms with van der Waals surface area (Å²) in [6.45, 7) is 0. The molecule has 0 amide bonds. The average molecular weight is 310 g/mol. The van der Waals surface area contributed by atoms with E-state index in [2.05, 4.69) is 19.2 Å². The van der Waals surface area contributed by atoms with E-state index in [1.165, 1.54) is 0 Å². The molecule has 0 unspecified atom stereocenters. The Morgan fingerprint density at radius 3 is 2.48 bits per heavy atom. The SMILES string of the molecule is COC(=O)Cc1c([N+](=O)[O-])cc(OC)nc1OC(F)(F)F. The van der Waals surface area contributed by atoms with E-state index < -0.39 is 46.7 Å². The van der Waals surface area contributed by atoms with Gasteiger partial charge in [0.15, 0.2) is 0 Å². The molecule has 0 N–H and O–H groups in total. The summed E-state index contributed by atoms with van der Waals surface area (Å²) < 4.78 is 49.4. The van der Waals surface area contributed by atoms with Crippen LogP contribution >= 0.6 is 0 Å². The highest BCUT2D eigenvalue weighted by Crippen LogP contribution is 2.34. The number of methoxy groups -OCH3 is 2. The number of carbonyl (C=O) groups is 1. The number of hydrogen-bond acceptors (Lipinski definition) is 7. The molecule has 8 nitrogen and oxygen atoms in total. The number of aromatic nitrogens is 1. The van der Waals surface area contributed by atoms with Gasteiger partial charge in [0.05, 0.1) is 31.6 Å². The first-order valence-electron chi connectivity index (χ1n) is 5.22. The summed E-state index contributed by atoms with van der Waals surface area (Å²) in [7, 11) is 2.04. The van der Waals surface area contributed by atoms with Gasteiger partial charge in [0.1, 0.15) is 5.56 Å². The monoisotopic (exact) mass is 310 g/mol. The van der Waals surface area contributed by atoms with Gasteiger partial charge in [-0.25, -0.2) is 0 Å². The normalized spacial score (nSPS) is 10.9. The Labute approximate surface area is 115 Å². The minimum atomic E-state index is -5.14. The number of pyridine rings is 1. The van der Waals surface area contributed by atoms with Crippen molar-refractivity contribution in [1.29, 1.82) is 0 Å². The Balaban J connectivity index is 3.44. The number of alkyl halides is 3. The average Bonchev–Trinajstić information content (AvgIpc) is 2.38. The van der Waals surface area contributed by atoms with Crippen LogP contribution in [0.25, 0.3) is 0 Å². The van der Waals surface area contributed by atoms with E-state index in [-0.39, 0.29) is 0 Å². The third-order valence-electron chi connectivity index (χ3n) is 2.21. The highest BCUT2D eigenvalue weighted by atomic mass is 19.4. The van der Waals surface area contributed by atoms with Gasteiger partial charge in [0.25, 0.3) is 5.69 Å². The number of ether oxygens (including phenoxy) is 3. The predicted octanol–water partition coefficient (Wildman–Crippen LogP) is 1.61. The van der Waals surface area contributed by atoms with Gasteiger partial charge in [-0.2, -0.15) is 4.98 Å². The van der Waals surface area contributed by atoms with Crippen LogP contribution in [-0.2, 0) is 16.0 Å². The second kappa shape index (κ2) is 6.24. The minimum absolute atomic E-state index is 0.463. The van der Waals surface area contributed by atoms with Gasteiger partial charge in [-0.3, -0.25) is 14.9 Å². The molecule has 116 valence electrons. The van der Waals surface area contributed by atoms with Crippen molar-refractivity contribution in [3.63, 3.8) is 0 Å². The van der Waals surface area contributed by atoms with Crippen LogP contribution in [0.5, 0.6) is 11.8 Å². The fourth-order valence-corrected chi connectivity index (χ4v) is 1.36. The van der Waals surface area contributed by atoms with Crippen molar-refractivity contribution in [3.8, 4) is 11.8 Å². The van der Waals surface area contributed by atoms with Crippen molar-refractivity contribution in [3.05, 3.63) is 21.7 Å². The Morgan fingerprint density at radius 2 is 2.05 bits per heavy atom. The molecule has 1 aromatic rings. The summed E-state index contributed by atoms with van der Waals surface area (Å²) in [6, 6.07) is 0.779. The van der Waals surface area contributed by atoms with Crippen LogP contribution in [0.1, 0.15) is 5.56 Å². The molecule has 0 spiro atoms. The van der Waals surface area contributed by atoms with Crippen LogP contribution < -0.4 is 9.47 Å². The van der Waals surface area contributed by atoms with Crippen LogP contribution in [0, 0.1) is 10.1 Å². The number of nitrogens with zero attached hydrogens (tertiary/aromatic N) is 2. The van der Waals surface area contributed by atoms with Crippen molar-refractivity contribution >= 4 is 11.7 Å². The topological polar surface area (TPSA) is 101 Å². The highest BCUT2D eigenvalue weighted by Gasteiger charge is 2.36. The maximum absolute atomic E-state index is 12.3. The molecule has 0 radical (unpaired) electrons. The van der Waals surface area contributed by atoms with Gasteiger partial charge >= 0.3 is 12.3 Å². The molecule has 1 rings (SSSR count).